The first kappa shape index (κ1) is 46.4. The van der Waals surface area contributed by atoms with Gasteiger partial charge in [-0.3, -0.25) is 0 Å². The fourth-order valence-electron chi connectivity index (χ4n) is 15.8. The van der Waals surface area contributed by atoms with Crippen LogP contribution >= 0.6 is 0 Å². The quantitative estimate of drug-likeness (QED) is 0.142. The van der Waals surface area contributed by atoms with E-state index in [2.05, 4.69) is 34.6 Å². The number of ether oxygens (including phenoxy) is 7. The van der Waals surface area contributed by atoms with E-state index in [1.807, 2.05) is 0 Å². The molecule has 24 atom stereocenters. The molecule has 0 amide bonds. The lowest BCUT2D eigenvalue weighted by Crippen LogP contribution is -2.65. The summed E-state index contributed by atoms with van der Waals surface area (Å²) in [7, 11) is 0. The summed E-state index contributed by atoms with van der Waals surface area (Å²) in [5.41, 5.74) is -3.33. The standard InChI is InChI=1S/C45H74O17/c1-39(2)26(60-38-33(30(52)23(49)18-58-38)61-37-32(54)29(51)22(48)17-57-37)9-11-45-19-44(45)13-12-41(5)34(43(7)10-8-27(62-43)40(3,4)55)20(46)15-42(41,6)25(44)14-24(35(39)45)59-36-31(53)28(50)21(47)16-56-36/h20-38,46-55H,8-19H2,1-7H3/t20-,21+,22-,23+,24-,25+,26-,27+,28-,29-,30-,31+,32+,33+,34-,35+,36-,37-,38-,41+,42-,43-,44-,45+/m0/s1. The maximum atomic E-state index is 12.3. The van der Waals surface area contributed by atoms with Gasteiger partial charge < -0.3 is 84.2 Å². The number of aliphatic hydroxyl groups is 10. The van der Waals surface area contributed by atoms with Crippen molar-refractivity contribution >= 4 is 0 Å². The summed E-state index contributed by atoms with van der Waals surface area (Å²) in [4.78, 5) is 0. The molecular weight excluding hydrogens is 812 g/mol. The number of fused-ring (bicyclic) bond motifs is 2. The van der Waals surface area contributed by atoms with Crippen LogP contribution < -0.4 is 0 Å². The summed E-state index contributed by atoms with van der Waals surface area (Å²) in [5.74, 6) is -0.256. The third-order valence-corrected chi connectivity index (χ3v) is 18.9. The van der Waals surface area contributed by atoms with E-state index in [-0.39, 0.29) is 65.3 Å². The summed E-state index contributed by atoms with van der Waals surface area (Å²) in [6, 6.07) is 0. The van der Waals surface area contributed by atoms with Gasteiger partial charge in [-0.25, -0.2) is 0 Å². The topological polar surface area (TPSA) is 267 Å². The molecule has 62 heavy (non-hydrogen) atoms. The first-order valence-electron chi connectivity index (χ1n) is 23.2. The Morgan fingerprint density at radius 3 is 1.74 bits per heavy atom. The smallest absolute Gasteiger partial charge is 0.186 e. The minimum atomic E-state index is -1.65. The Kier molecular flexibility index (Phi) is 11.5. The highest BCUT2D eigenvalue weighted by atomic mass is 16.8. The molecule has 0 radical (unpaired) electrons. The second kappa shape index (κ2) is 15.4. The van der Waals surface area contributed by atoms with Gasteiger partial charge in [-0.2, -0.15) is 0 Å². The summed E-state index contributed by atoms with van der Waals surface area (Å²) >= 11 is 0. The van der Waals surface area contributed by atoms with Crippen molar-refractivity contribution in [3.63, 3.8) is 0 Å². The third-order valence-electron chi connectivity index (χ3n) is 18.9. The Morgan fingerprint density at radius 1 is 0.565 bits per heavy atom. The predicted molar refractivity (Wildman–Crippen MR) is 214 cm³/mol. The van der Waals surface area contributed by atoms with Gasteiger partial charge in [0.05, 0.1) is 55.4 Å². The van der Waals surface area contributed by atoms with E-state index in [0.29, 0.717) is 25.7 Å². The number of hydrogen-bond acceptors (Lipinski definition) is 17. The Balaban J connectivity index is 1.03. The largest absolute Gasteiger partial charge is 0.393 e. The van der Waals surface area contributed by atoms with E-state index in [4.69, 9.17) is 33.2 Å². The Morgan fingerprint density at radius 2 is 1.15 bits per heavy atom. The molecule has 4 saturated heterocycles. The van der Waals surface area contributed by atoms with Gasteiger partial charge in [0.2, 0.25) is 0 Å². The van der Waals surface area contributed by atoms with Crippen LogP contribution in [0.15, 0.2) is 0 Å². The Labute approximate surface area is 363 Å². The number of hydrogen-bond donors (Lipinski definition) is 10. The molecule has 0 aromatic heterocycles. The fourth-order valence-corrected chi connectivity index (χ4v) is 15.8. The Hall–Kier alpha value is -0.680. The van der Waals surface area contributed by atoms with Crippen molar-refractivity contribution < 1.29 is 84.2 Å². The maximum Gasteiger partial charge on any atom is 0.186 e. The maximum absolute atomic E-state index is 12.3. The molecule has 5 saturated carbocycles. The summed E-state index contributed by atoms with van der Waals surface area (Å²) in [6.07, 6.45) is -12.2. The molecule has 2 spiro atoms. The van der Waals surface area contributed by atoms with E-state index in [1.54, 1.807) is 13.8 Å². The van der Waals surface area contributed by atoms with Crippen LogP contribution in [0, 0.1) is 44.8 Å². The minimum Gasteiger partial charge on any atom is -0.393 e. The average molecular weight is 887 g/mol. The highest BCUT2D eigenvalue weighted by Gasteiger charge is 2.85. The van der Waals surface area contributed by atoms with Gasteiger partial charge in [0.15, 0.2) is 18.9 Å². The van der Waals surface area contributed by atoms with E-state index < -0.39 is 109 Å². The van der Waals surface area contributed by atoms with Crippen molar-refractivity contribution in [2.45, 2.75) is 216 Å². The van der Waals surface area contributed by atoms with Gasteiger partial charge in [-0.1, -0.05) is 27.7 Å². The van der Waals surface area contributed by atoms with Crippen molar-refractivity contribution in [3.8, 4) is 0 Å². The van der Waals surface area contributed by atoms with Crippen LogP contribution in [-0.4, -0.2) is 180 Å². The van der Waals surface area contributed by atoms with Crippen molar-refractivity contribution in [1.29, 1.82) is 0 Å². The molecule has 10 N–H and O–H groups in total. The summed E-state index contributed by atoms with van der Waals surface area (Å²) in [6.45, 7) is 13.8. The lowest BCUT2D eigenvalue weighted by molar-refractivity contribution is -0.359. The van der Waals surface area contributed by atoms with Gasteiger partial charge >= 0.3 is 0 Å². The Bertz CT molecular complexity index is 1660. The molecule has 9 fully saturated rings. The predicted octanol–water partition coefficient (Wildman–Crippen LogP) is -0.173. The molecule has 0 aromatic rings. The van der Waals surface area contributed by atoms with Gasteiger partial charge in [0.1, 0.15) is 54.9 Å². The lowest BCUT2D eigenvalue weighted by atomic mass is 9.41. The molecule has 17 heteroatoms. The molecular formula is C45H74O17. The van der Waals surface area contributed by atoms with Gasteiger partial charge in [0.25, 0.3) is 0 Å². The minimum absolute atomic E-state index is 0.0927. The van der Waals surface area contributed by atoms with Crippen LogP contribution in [0.2, 0.25) is 0 Å². The molecule has 0 bridgehead atoms. The number of aliphatic hydroxyl groups excluding tert-OH is 9. The van der Waals surface area contributed by atoms with Crippen LogP contribution in [0.3, 0.4) is 0 Å². The molecule has 0 aromatic carbocycles. The first-order valence-corrected chi connectivity index (χ1v) is 23.2. The van der Waals surface area contributed by atoms with Crippen LogP contribution in [-0.2, 0) is 33.2 Å². The van der Waals surface area contributed by atoms with Gasteiger partial charge in [-0.05, 0) is 117 Å². The third kappa shape index (κ3) is 6.72. The zero-order chi connectivity index (χ0) is 44.9. The zero-order valence-corrected chi connectivity index (χ0v) is 37.3. The van der Waals surface area contributed by atoms with Gasteiger partial charge in [-0.15, -0.1) is 0 Å². The molecule has 356 valence electrons. The van der Waals surface area contributed by atoms with E-state index >= 15 is 0 Å². The highest BCUT2D eigenvalue weighted by molar-refractivity contribution is 5.33. The molecule has 0 unspecified atom stereocenters. The van der Waals surface area contributed by atoms with E-state index in [1.165, 1.54) is 0 Å². The summed E-state index contributed by atoms with van der Waals surface area (Å²) in [5, 5.41) is 109. The van der Waals surface area contributed by atoms with Crippen molar-refractivity contribution in [3.05, 3.63) is 0 Å². The molecule has 17 nitrogen and oxygen atoms in total. The van der Waals surface area contributed by atoms with Crippen LogP contribution in [0.5, 0.6) is 0 Å². The molecule has 9 rings (SSSR count). The van der Waals surface area contributed by atoms with Crippen molar-refractivity contribution in [2.24, 2.45) is 44.8 Å². The monoisotopic (exact) mass is 886 g/mol. The fraction of sp³-hybridized carbons (Fsp3) is 1.00. The molecule has 4 aliphatic heterocycles. The van der Waals surface area contributed by atoms with Crippen LogP contribution in [0.4, 0.5) is 0 Å². The molecule has 5 aliphatic carbocycles. The number of rotatable bonds is 8. The second-order valence-corrected chi connectivity index (χ2v) is 23.0. The second-order valence-electron chi connectivity index (χ2n) is 23.0. The molecule has 4 heterocycles. The van der Waals surface area contributed by atoms with Crippen LogP contribution in [0.25, 0.3) is 0 Å². The van der Waals surface area contributed by atoms with E-state index in [9.17, 15) is 51.1 Å². The zero-order valence-electron chi connectivity index (χ0n) is 37.3. The first-order chi connectivity index (χ1) is 28.8. The van der Waals surface area contributed by atoms with Crippen LogP contribution in [0.1, 0.15) is 106 Å². The summed E-state index contributed by atoms with van der Waals surface area (Å²) < 4.78 is 44.0. The van der Waals surface area contributed by atoms with E-state index in [0.717, 1.165) is 32.1 Å². The average Bonchev–Trinajstić information content (AvgIpc) is 3.56. The molecule has 9 aliphatic rings. The highest BCUT2D eigenvalue weighted by Crippen LogP contribution is 2.89. The van der Waals surface area contributed by atoms with Gasteiger partial charge in [0, 0.05) is 5.92 Å². The lowest BCUT2D eigenvalue weighted by Gasteiger charge is -2.65. The van der Waals surface area contributed by atoms with Crippen molar-refractivity contribution in [2.75, 3.05) is 19.8 Å². The normalized spacial score (nSPS) is 58.5. The SMILES string of the molecule is CC(C)(O)[C@H]1CC[C@@](C)([C@H]2[C@@H](O)C[C@@]3(C)[C@H]4C[C@H](O[C@@H]5OC[C@@H](O)[C@H](O)[C@H]5O)[C@@H]5C(C)(C)[C@@H](O[C@@H]6OC[C@@H](O)[C@H](O)[C@H]6O[C@@H]6OC[C@H](O)[C@H](O)[C@H]6O)CC[C@@]56C[C@@]46CC[C@]23C)O1. The van der Waals surface area contributed by atoms with Crippen molar-refractivity contribution in [1.82, 2.24) is 0 Å².